The van der Waals surface area contributed by atoms with Gasteiger partial charge in [-0.2, -0.15) is 0 Å². The van der Waals surface area contributed by atoms with Crippen molar-refractivity contribution in [2.75, 3.05) is 20.6 Å². The predicted molar refractivity (Wildman–Crippen MR) is 100 cm³/mol. The summed E-state index contributed by atoms with van der Waals surface area (Å²) in [6.45, 7) is 15.7. The molecule has 1 nitrogen and oxygen atoms in total. The van der Waals surface area contributed by atoms with E-state index in [1.54, 1.807) is 5.57 Å². The Morgan fingerprint density at radius 3 is 1.73 bits per heavy atom. The van der Waals surface area contributed by atoms with Gasteiger partial charge in [0, 0.05) is 12.0 Å². The van der Waals surface area contributed by atoms with Gasteiger partial charge in [-0.1, -0.05) is 65.3 Å². The largest absolute Gasteiger partial charge is 0.309 e. The van der Waals surface area contributed by atoms with E-state index in [0.717, 1.165) is 6.54 Å². The van der Waals surface area contributed by atoms with Crippen LogP contribution in [-0.2, 0) is 0 Å². The zero-order valence-electron chi connectivity index (χ0n) is 16.4. The van der Waals surface area contributed by atoms with Gasteiger partial charge in [-0.3, -0.25) is 0 Å². The highest BCUT2D eigenvalue weighted by Crippen LogP contribution is 2.65. The molecule has 22 heavy (non-hydrogen) atoms. The summed E-state index contributed by atoms with van der Waals surface area (Å²) in [5, 5.41) is 0. The van der Waals surface area contributed by atoms with Crippen LogP contribution >= 0.6 is 0 Å². The zero-order valence-corrected chi connectivity index (χ0v) is 16.4. The molecule has 0 aromatic rings. The van der Waals surface area contributed by atoms with Crippen LogP contribution in [0.5, 0.6) is 0 Å². The van der Waals surface area contributed by atoms with Crippen LogP contribution in [0, 0.1) is 16.2 Å². The minimum absolute atomic E-state index is 0.211. The van der Waals surface area contributed by atoms with Gasteiger partial charge in [0.05, 0.1) is 0 Å². The van der Waals surface area contributed by atoms with E-state index < -0.39 is 0 Å². The minimum atomic E-state index is 0.211. The van der Waals surface area contributed by atoms with Crippen LogP contribution in [0.4, 0.5) is 0 Å². The van der Waals surface area contributed by atoms with E-state index in [2.05, 4.69) is 78.8 Å². The van der Waals surface area contributed by atoms with Gasteiger partial charge in [-0.05, 0) is 57.0 Å². The molecule has 0 heterocycles. The summed E-state index contributed by atoms with van der Waals surface area (Å²) in [5.41, 5.74) is 2.54. The van der Waals surface area contributed by atoms with E-state index in [9.17, 15) is 0 Å². The van der Waals surface area contributed by atoms with E-state index >= 15 is 0 Å². The summed E-state index contributed by atoms with van der Waals surface area (Å²) in [6.07, 6.45) is 13.5. The first-order valence-corrected chi connectivity index (χ1v) is 9.30. The fourth-order valence-electron chi connectivity index (χ4n) is 4.69. The average molecular weight is 306 g/mol. The van der Waals surface area contributed by atoms with Gasteiger partial charge in [-0.15, -0.1) is 0 Å². The van der Waals surface area contributed by atoms with E-state index in [-0.39, 0.29) is 5.41 Å². The first kappa shape index (κ1) is 19.5. The molecule has 0 aliphatic heterocycles. The van der Waals surface area contributed by atoms with Gasteiger partial charge in [0.15, 0.2) is 0 Å². The highest BCUT2D eigenvalue weighted by molar-refractivity contribution is 5.40. The molecule has 1 rings (SSSR count). The Morgan fingerprint density at radius 1 is 0.909 bits per heavy atom. The lowest BCUT2D eigenvalue weighted by Gasteiger charge is -2.57. The van der Waals surface area contributed by atoms with Crippen LogP contribution < -0.4 is 0 Å². The number of nitrogens with zero attached hydrogens (tertiary/aromatic N) is 1. The smallest absolute Gasteiger partial charge is 0.0204 e. The fraction of sp³-hybridized carbons (Fsp3) is 0.810. The Bertz CT molecular complexity index is 388. The van der Waals surface area contributed by atoms with Gasteiger partial charge in [0.25, 0.3) is 0 Å². The lowest BCUT2D eigenvalue weighted by Crippen LogP contribution is -2.50. The zero-order chi connectivity index (χ0) is 17.0. The topological polar surface area (TPSA) is 3.24 Å². The van der Waals surface area contributed by atoms with Crippen molar-refractivity contribution in [1.82, 2.24) is 4.90 Å². The quantitative estimate of drug-likeness (QED) is 0.499. The molecule has 1 heteroatoms. The van der Waals surface area contributed by atoms with Crippen molar-refractivity contribution in [1.29, 1.82) is 0 Å². The highest BCUT2D eigenvalue weighted by atomic mass is 15.0. The SMILES string of the molecule is CCC(C)(CC)C1(C(C)(CC)CC)C=CC=C1CCN(C)C. The van der Waals surface area contributed by atoms with Gasteiger partial charge in [0.1, 0.15) is 0 Å². The van der Waals surface area contributed by atoms with Crippen molar-refractivity contribution in [3.8, 4) is 0 Å². The average Bonchev–Trinajstić information content (AvgIpc) is 2.97. The maximum atomic E-state index is 2.57. The van der Waals surface area contributed by atoms with Crippen LogP contribution in [0.25, 0.3) is 0 Å². The second-order valence-corrected chi connectivity index (χ2v) is 7.95. The third-order valence-corrected chi connectivity index (χ3v) is 7.00. The first-order chi connectivity index (χ1) is 10.3. The third-order valence-electron chi connectivity index (χ3n) is 7.00. The Kier molecular flexibility index (Phi) is 6.50. The van der Waals surface area contributed by atoms with Crippen molar-refractivity contribution >= 4 is 0 Å². The number of hydrogen-bond acceptors (Lipinski definition) is 1. The maximum Gasteiger partial charge on any atom is 0.0204 e. The van der Waals surface area contributed by atoms with Crippen LogP contribution in [0.1, 0.15) is 73.6 Å². The standard InChI is InChI=1S/C21H39N/c1-9-19(5,10-2)21(20(6,11-3)12-4)16-13-14-18(21)15-17-22(7)8/h13-14,16H,9-12,15,17H2,1-8H3. The Labute approximate surface area is 139 Å². The molecule has 0 bridgehead atoms. The molecule has 0 unspecified atom stereocenters. The molecule has 0 aromatic carbocycles. The number of allylic oxidation sites excluding steroid dienone is 3. The second kappa shape index (κ2) is 7.34. The molecule has 0 amide bonds. The van der Waals surface area contributed by atoms with Gasteiger partial charge >= 0.3 is 0 Å². The van der Waals surface area contributed by atoms with E-state index in [1.807, 2.05) is 0 Å². The summed E-state index contributed by atoms with van der Waals surface area (Å²) < 4.78 is 0. The lowest BCUT2D eigenvalue weighted by atomic mass is 9.46. The van der Waals surface area contributed by atoms with Crippen LogP contribution in [-0.4, -0.2) is 25.5 Å². The van der Waals surface area contributed by atoms with Crippen molar-refractivity contribution < 1.29 is 0 Å². The predicted octanol–water partition coefficient (Wildman–Crippen LogP) is 6.07. The first-order valence-electron chi connectivity index (χ1n) is 9.30. The Hall–Kier alpha value is -0.560. The molecule has 0 spiro atoms. The molecule has 0 atom stereocenters. The van der Waals surface area contributed by atoms with Gasteiger partial charge in [0.2, 0.25) is 0 Å². The molecule has 1 aliphatic rings. The molecule has 0 N–H and O–H groups in total. The molecule has 0 saturated carbocycles. The van der Waals surface area contributed by atoms with Gasteiger partial charge in [-0.25, -0.2) is 0 Å². The van der Waals surface area contributed by atoms with E-state index in [1.165, 1.54) is 32.1 Å². The maximum absolute atomic E-state index is 2.57. The molecular weight excluding hydrogens is 266 g/mol. The van der Waals surface area contributed by atoms with Gasteiger partial charge < -0.3 is 4.90 Å². The number of rotatable bonds is 9. The molecule has 0 radical (unpaired) electrons. The third kappa shape index (κ3) is 2.94. The number of hydrogen-bond donors (Lipinski definition) is 0. The van der Waals surface area contributed by atoms with Crippen molar-refractivity contribution in [2.45, 2.75) is 73.6 Å². The molecule has 1 aliphatic carbocycles. The molecular formula is C21H39N. The van der Waals surface area contributed by atoms with E-state index in [0.29, 0.717) is 10.8 Å². The van der Waals surface area contributed by atoms with Crippen LogP contribution in [0.2, 0.25) is 0 Å². The Balaban J connectivity index is 3.41. The summed E-state index contributed by atoms with van der Waals surface area (Å²) in [7, 11) is 4.37. The van der Waals surface area contributed by atoms with Crippen LogP contribution in [0.3, 0.4) is 0 Å². The fourth-order valence-corrected chi connectivity index (χ4v) is 4.69. The second-order valence-electron chi connectivity index (χ2n) is 7.95. The van der Waals surface area contributed by atoms with Crippen molar-refractivity contribution in [3.05, 3.63) is 23.8 Å². The summed E-state index contributed by atoms with van der Waals surface area (Å²) in [4.78, 5) is 2.31. The van der Waals surface area contributed by atoms with E-state index in [4.69, 9.17) is 0 Å². The monoisotopic (exact) mass is 305 g/mol. The molecule has 0 aromatic heterocycles. The molecule has 128 valence electrons. The molecule has 0 saturated heterocycles. The summed E-state index contributed by atoms with van der Waals surface area (Å²) >= 11 is 0. The highest BCUT2D eigenvalue weighted by Gasteiger charge is 2.56. The minimum Gasteiger partial charge on any atom is -0.309 e. The summed E-state index contributed by atoms with van der Waals surface area (Å²) in [6, 6.07) is 0. The van der Waals surface area contributed by atoms with Crippen molar-refractivity contribution in [3.63, 3.8) is 0 Å². The Morgan fingerprint density at radius 2 is 1.36 bits per heavy atom. The lowest BCUT2D eigenvalue weighted by molar-refractivity contribution is -0.0117. The molecule has 0 fully saturated rings. The normalized spacial score (nSPS) is 18.1. The van der Waals surface area contributed by atoms with Crippen LogP contribution in [0.15, 0.2) is 23.8 Å². The van der Waals surface area contributed by atoms with Crippen molar-refractivity contribution in [2.24, 2.45) is 16.2 Å². The summed E-state index contributed by atoms with van der Waals surface area (Å²) in [5.74, 6) is 0.